The molecule has 0 bridgehead atoms. The third kappa shape index (κ3) is 6.59. The van der Waals surface area contributed by atoms with Gasteiger partial charge in [0.25, 0.3) is 0 Å². The summed E-state index contributed by atoms with van der Waals surface area (Å²) in [7, 11) is 0. The Balaban J connectivity index is 2.46. The molecule has 6 nitrogen and oxygen atoms in total. The highest BCUT2D eigenvalue weighted by Gasteiger charge is 2.02. The van der Waals surface area contributed by atoms with Crippen LogP contribution in [0.3, 0.4) is 0 Å². The number of carbonyl (C=O) groups is 1. The average Bonchev–Trinajstić information content (AvgIpc) is 2.34. The van der Waals surface area contributed by atoms with Crippen molar-refractivity contribution in [3.05, 3.63) is 11.9 Å². The molecule has 1 rings (SSSR count). The van der Waals surface area contributed by atoms with E-state index >= 15 is 0 Å². The minimum atomic E-state index is -0.775. The zero-order valence-corrected chi connectivity index (χ0v) is 11.6. The Kier molecular flexibility index (Phi) is 6.63. The lowest BCUT2D eigenvalue weighted by Crippen LogP contribution is -2.09. The maximum atomic E-state index is 10.4. The Bertz CT molecular complexity index is 410. The van der Waals surface area contributed by atoms with Crippen molar-refractivity contribution in [1.29, 1.82) is 0 Å². The fourth-order valence-electron chi connectivity index (χ4n) is 1.60. The lowest BCUT2D eigenvalue weighted by atomic mass is 10.3. The van der Waals surface area contributed by atoms with Crippen molar-refractivity contribution in [2.24, 2.45) is 0 Å². The number of aliphatic carboxylic acids is 1. The highest BCUT2D eigenvalue weighted by Crippen LogP contribution is 2.11. The van der Waals surface area contributed by atoms with Crippen LogP contribution in [0.25, 0.3) is 0 Å². The van der Waals surface area contributed by atoms with E-state index < -0.39 is 5.97 Å². The van der Waals surface area contributed by atoms with E-state index in [2.05, 4.69) is 27.5 Å². The molecule has 0 unspecified atom stereocenters. The monoisotopic (exact) mass is 266 g/mol. The molecule has 0 fully saturated rings. The second-order valence-corrected chi connectivity index (χ2v) is 4.39. The normalized spacial score (nSPS) is 10.2. The summed E-state index contributed by atoms with van der Waals surface area (Å²) in [6, 6.07) is 1.85. The number of nitrogens with one attached hydrogen (secondary N) is 2. The number of anilines is 2. The summed E-state index contributed by atoms with van der Waals surface area (Å²) in [5, 5.41) is 14.9. The van der Waals surface area contributed by atoms with Crippen LogP contribution in [0.2, 0.25) is 0 Å². The van der Waals surface area contributed by atoms with Crippen molar-refractivity contribution in [3.8, 4) is 0 Å². The molecule has 3 N–H and O–H groups in total. The number of hydrogen-bond acceptors (Lipinski definition) is 5. The lowest BCUT2D eigenvalue weighted by Gasteiger charge is -2.09. The molecule has 1 aromatic heterocycles. The predicted octanol–water partition coefficient (Wildman–Crippen LogP) is 2.27. The smallest absolute Gasteiger partial charge is 0.303 e. The van der Waals surface area contributed by atoms with Gasteiger partial charge in [-0.1, -0.05) is 13.3 Å². The number of carboxylic acids is 1. The summed E-state index contributed by atoms with van der Waals surface area (Å²) in [6.45, 7) is 5.47. The zero-order valence-electron chi connectivity index (χ0n) is 11.6. The van der Waals surface area contributed by atoms with Crippen LogP contribution in [0.5, 0.6) is 0 Å². The molecule has 106 valence electrons. The van der Waals surface area contributed by atoms with Crippen molar-refractivity contribution < 1.29 is 9.90 Å². The average molecular weight is 266 g/mol. The highest BCUT2D eigenvalue weighted by atomic mass is 16.4. The SMILES string of the molecule is CCCCNc1cc(NCCCC(=O)O)nc(C)n1. The van der Waals surface area contributed by atoms with E-state index in [4.69, 9.17) is 5.11 Å². The highest BCUT2D eigenvalue weighted by molar-refractivity contribution is 5.66. The molecule has 0 aliphatic carbocycles. The molecule has 0 atom stereocenters. The summed E-state index contributed by atoms with van der Waals surface area (Å²) in [4.78, 5) is 19.0. The largest absolute Gasteiger partial charge is 0.481 e. The van der Waals surface area contributed by atoms with Crippen LogP contribution in [0.4, 0.5) is 11.6 Å². The maximum Gasteiger partial charge on any atom is 0.303 e. The van der Waals surface area contributed by atoms with Gasteiger partial charge in [-0.15, -0.1) is 0 Å². The van der Waals surface area contributed by atoms with Gasteiger partial charge in [-0.2, -0.15) is 0 Å². The minimum absolute atomic E-state index is 0.165. The van der Waals surface area contributed by atoms with Gasteiger partial charge >= 0.3 is 5.97 Å². The molecule has 0 radical (unpaired) electrons. The Morgan fingerprint density at radius 1 is 1.21 bits per heavy atom. The van der Waals surface area contributed by atoms with Crippen molar-refractivity contribution in [1.82, 2.24) is 9.97 Å². The fraction of sp³-hybridized carbons (Fsp3) is 0.615. The molecule has 1 aromatic rings. The zero-order chi connectivity index (χ0) is 14.1. The number of aromatic nitrogens is 2. The molecular weight excluding hydrogens is 244 g/mol. The maximum absolute atomic E-state index is 10.4. The lowest BCUT2D eigenvalue weighted by molar-refractivity contribution is -0.137. The Hall–Kier alpha value is -1.85. The predicted molar refractivity (Wildman–Crippen MR) is 75.5 cm³/mol. The van der Waals surface area contributed by atoms with Crippen LogP contribution in [-0.4, -0.2) is 34.1 Å². The van der Waals surface area contributed by atoms with Gasteiger partial charge in [-0.3, -0.25) is 4.79 Å². The Morgan fingerprint density at radius 3 is 2.32 bits per heavy atom. The van der Waals surface area contributed by atoms with E-state index in [9.17, 15) is 4.79 Å². The van der Waals surface area contributed by atoms with Gasteiger partial charge in [0.2, 0.25) is 0 Å². The van der Waals surface area contributed by atoms with Gasteiger partial charge in [0.05, 0.1) is 0 Å². The van der Waals surface area contributed by atoms with E-state index in [1.54, 1.807) is 0 Å². The molecule has 0 saturated carbocycles. The van der Waals surface area contributed by atoms with Crippen LogP contribution in [0.15, 0.2) is 6.07 Å². The van der Waals surface area contributed by atoms with Crippen molar-refractivity contribution in [3.63, 3.8) is 0 Å². The molecule has 0 aliphatic rings. The van der Waals surface area contributed by atoms with E-state index in [1.807, 2.05) is 13.0 Å². The minimum Gasteiger partial charge on any atom is -0.481 e. The van der Waals surface area contributed by atoms with Gasteiger partial charge < -0.3 is 15.7 Å². The van der Waals surface area contributed by atoms with Gasteiger partial charge in [0.15, 0.2) is 0 Å². The first-order valence-corrected chi connectivity index (χ1v) is 6.67. The van der Waals surface area contributed by atoms with Gasteiger partial charge in [0, 0.05) is 25.6 Å². The van der Waals surface area contributed by atoms with Gasteiger partial charge in [0.1, 0.15) is 17.5 Å². The first-order valence-electron chi connectivity index (χ1n) is 6.67. The number of rotatable bonds is 9. The third-order valence-electron chi connectivity index (χ3n) is 2.55. The van der Waals surface area contributed by atoms with Crippen LogP contribution >= 0.6 is 0 Å². The second kappa shape index (κ2) is 8.29. The molecular formula is C13H22N4O2. The van der Waals surface area contributed by atoms with Crippen molar-refractivity contribution in [2.45, 2.75) is 39.5 Å². The third-order valence-corrected chi connectivity index (χ3v) is 2.55. The molecule has 0 aromatic carbocycles. The number of hydrogen-bond donors (Lipinski definition) is 3. The van der Waals surface area contributed by atoms with Crippen molar-refractivity contribution in [2.75, 3.05) is 23.7 Å². The van der Waals surface area contributed by atoms with Crippen molar-refractivity contribution >= 4 is 17.6 Å². The summed E-state index contributed by atoms with van der Waals surface area (Å²) < 4.78 is 0. The quantitative estimate of drug-likeness (QED) is 0.594. The molecule has 0 aliphatic heterocycles. The molecule has 1 heterocycles. The van der Waals surface area contributed by atoms with Gasteiger partial charge in [-0.05, 0) is 19.8 Å². The number of carboxylic acid groups (broad SMARTS) is 1. The van der Waals surface area contributed by atoms with E-state index in [-0.39, 0.29) is 6.42 Å². The number of nitrogens with zero attached hydrogens (tertiary/aromatic N) is 2. The molecule has 0 saturated heterocycles. The summed E-state index contributed by atoms with van der Waals surface area (Å²) >= 11 is 0. The molecule has 6 heteroatoms. The van der Waals surface area contributed by atoms with E-state index in [0.29, 0.717) is 18.8 Å². The first kappa shape index (κ1) is 15.2. The number of unbranched alkanes of at least 4 members (excludes halogenated alkanes) is 1. The number of aryl methyl sites for hydroxylation is 1. The Labute approximate surface area is 113 Å². The Morgan fingerprint density at radius 2 is 1.79 bits per heavy atom. The summed E-state index contributed by atoms with van der Waals surface area (Å²) in [6.07, 6.45) is 2.98. The fourth-order valence-corrected chi connectivity index (χ4v) is 1.60. The van der Waals surface area contributed by atoms with E-state index in [1.165, 1.54) is 0 Å². The second-order valence-electron chi connectivity index (χ2n) is 4.39. The van der Waals surface area contributed by atoms with Gasteiger partial charge in [-0.25, -0.2) is 9.97 Å². The first-order chi connectivity index (χ1) is 9.11. The summed E-state index contributed by atoms with van der Waals surface area (Å²) in [5.74, 6) is 1.46. The molecule has 0 amide bonds. The standard InChI is InChI=1S/C13H22N4O2/c1-3-4-7-14-11-9-12(17-10(2)16-11)15-8-5-6-13(18)19/h9H,3-8H2,1-2H3,(H,18,19)(H2,14,15,16,17). The topological polar surface area (TPSA) is 87.1 Å². The molecule has 19 heavy (non-hydrogen) atoms. The van der Waals surface area contributed by atoms with Crippen LogP contribution in [-0.2, 0) is 4.79 Å². The molecule has 0 spiro atoms. The summed E-state index contributed by atoms with van der Waals surface area (Å²) in [5.41, 5.74) is 0. The van der Waals surface area contributed by atoms with Crippen LogP contribution in [0.1, 0.15) is 38.4 Å². The van der Waals surface area contributed by atoms with Crippen LogP contribution < -0.4 is 10.6 Å². The van der Waals surface area contributed by atoms with Crippen LogP contribution in [0, 0.1) is 6.92 Å². The van der Waals surface area contributed by atoms with E-state index in [0.717, 1.165) is 31.0 Å².